The van der Waals surface area contributed by atoms with Gasteiger partial charge in [-0.15, -0.1) is 0 Å². The van der Waals surface area contributed by atoms with E-state index in [1.165, 1.54) is 12.1 Å². The van der Waals surface area contributed by atoms with E-state index in [1.54, 1.807) is 54.0 Å². The zero-order chi connectivity index (χ0) is 24.4. The third-order valence-corrected chi connectivity index (χ3v) is 6.31. The van der Waals surface area contributed by atoms with Crippen molar-refractivity contribution in [3.8, 4) is 22.5 Å². The number of anilines is 1. The molecule has 1 aromatic carbocycles. The number of hydrogen-bond acceptors (Lipinski definition) is 6. The Morgan fingerprint density at radius 3 is 2.49 bits per heavy atom. The molecule has 9 heteroatoms. The minimum absolute atomic E-state index is 0.0808. The van der Waals surface area contributed by atoms with Crippen LogP contribution in [-0.2, 0) is 0 Å². The number of hydrogen-bond donors (Lipinski definition) is 0. The van der Waals surface area contributed by atoms with Gasteiger partial charge in [0.05, 0.1) is 16.9 Å². The molecule has 0 radical (unpaired) electrons. The average molecular weight is 489 g/mol. The van der Waals surface area contributed by atoms with Crippen molar-refractivity contribution < 1.29 is 9.18 Å². The second-order valence-electron chi connectivity index (χ2n) is 8.23. The van der Waals surface area contributed by atoms with Gasteiger partial charge in [-0.05, 0) is 48.9 Å². The first-order valence-electron chi connectivity index (χ1n) is 11.2. The summed E-state index contributed by atoms with van der Waals surface area (Å²) in [6.45, 7) is 4.13. The van der Waals surface area contributed by atoms with Crippen LogP contribution in [0.5, 0.6) is 0 Å². The smallest absolute Gasteiger partial charge is 0.272 e. The van der Waals surface area contributed by atoms with E-state index < -0.39 is 0 Å². The summed E-state index contributed by atoms with van der Waals surface area (Å²) < 4.78 is 13.8. The third kappa shape index (κ3) is 4.70. The molecule has 1 amide bonds. The molecule has 0 spiro atoms. The van der Waals surface area contributed by atoms with E-state index in [9.17, 15) is 9.18 Å². The molecular weight excluding hydrogens is 467 g/mol. The summed E-state index contributed by atoms with van der Waals surface area (Å²) in [6, 6.07) is 11.7. The minimum atomic E-state index is -0.308. The highest BCUT2D eigenvalue weighted by molar-refractivity contribution is 6.33. The van der Waals surface area contributed by atoms with Crippen molar-refractivity contribution in [2.45, 2.75) is 6.92 Å². The highest BCUT2D eigenvalue weighted by Gasteiger charge is 2.25. The molecule has 0 atom stereocenters. The monoisotopic (exact) mass is 488 g/mol. The molecule has 5 rings (SSSR count). The number of carbonyl (C=O) groups excluding carboxylic acids is 1. The van der Waals surface area contributed by atoms with Crippen LogP contribution in [0.25, 0.3) is 22.5 Å². The van der Waals surface area contributed by atoms with Gasteiger partial charge >= 0.3 is 0 Å². The Bertz CT molecular complexity index is 1380. The first-order chi connectivity index (χ1) is 17.0. The summed E-state index contributed by atoms with van der Waals surface area (Å²) in [5.74, 6) is 0.293. The first-order valence-corrected chi connectivity index (χ1v) is 11.6. The maximum atomic E-state index is 13.8. The van der Waals surface area contributed by atoms with Crippen molar-refractivity contribution in [1.29, 1.82) is 0 Å². The van der Waals surface area contributed by atoms with Crippen molar-refractivity contribution in [2.24, 2.45) is 0 Å². The molecular formula is C26H22ClFN6O. The van der Waals surface area contributed by atoms with Gasteiger partial charge in [-0.3, -0.25) is 19.7 Å². The largest absolute Gasteiger partial charge is 0.352 e. The summed E-state index contributed by atoms with van der Waals surface area (Å²) in [6.07, 6.45) is 6.55. The van der Waals surface area contributed by atoms with E-state index in [0.29, 0.717) is 59.7 Å². The van der Waals surface area contributed by atoms with E-state index >= 15 is 0 Å². The molecule has 1 aliphatic rings. The fourth-order valence-electron chi connectivity index (χ4n) is 4.17. The van der Waals surface area contributed by atoms with Crippen LogP contribution in [-0.4, -0.2) is 56.9 Å². The highest BCUT2D eigenvalue weighted by Crippen LogP contribution is 2.35. The number of benzene rings is 1. The fraction of sp³-hybridized carbons (Fsp3) is 0.192. The second kappa shape index (κ2) is 9.76. The SMILES string of the molecule is Cc1cc(F)ccc1-c1ncc(N2CCN(C(=O)c3ccccn3)CC2)nc1-c1ccncc1Cl. The number of aromatic nitrogens is 4. The Hall–Kier alpha value is -3.91. The molecule has 0 aliphatic carbocycles. The highest BCUT2D eigenvalue weighted by atomic mass is 35.5. The van der Waals surface area contributed by atoms with Crippen molar-refractivity contribution in [1.82, 2.24) is 24.8 Å². The number of rotatable bonds is 4. The lowest BCUT2D eigenvalue weighted by atomic mass is 10.0. The van der Waals surface area contributed by atoms with Crippen molar-refractivity contribution in [3.05, 3.63) is 89.3 Å². The van der Waals surface area contributed by atoms with Crippen molar-refractivity contribution in [2.75, 3.05) is 31.1 Å². The van der Waals surface area contributed by atoms with Gasteiger partial charge in [-0.25, -0.2) is 9.37 Å². The number of nitrogens with zero attached hydrogens (tertiary/aromatic N) is 6. The standard InChI is InChI=1S/C26H22ClFN6O/c1-17-14-18(28)5-6-19(17)24-25(20-7-9-29-15-21(20)27)32-23(16-31-24)33-10-12-34(13-11-33)26(35)22-4-2-3-8-30-22/h2-9,14-16H,10-13H2,1H3. The molecule has 0 saturated carbocycles. The summed E-state index contributed by atoms with van der Waals surface area (Å²) in [5, 5.41) is 0.450. The molecule has 3 aromatic heterocycles. The van der Waals surface area contributed by atoms with Gasteiger partial charge in [0.25, 0.3) is 5.91 Å². The molecule has 35 heavy (non-hydrogen) atoms. The zero-order valence-electron chi connectivity index (χ0n) is 19.0. The lowest BCUT2D eigenvalue weighted by Gasteiger charge is -2.35. The van der Waals surface area contributed by atoms with E-state index in [2.05, 4.69) is 14.9 Å². The van der Waals surface area contributed by atoms with Crippen LogP contribution in [0.4, 0.5) is 10.2 Å². The number of halogens is 2. The molecule has 4 heterocycles. The molecule has 0 bridgehead atoms. The number of carbonyl (C=O) groups is 1. The maximum Gasteiger partial charge on any atom is 0.272 e. The lowest BCUT2D eigenvalue weighted by molar-refractivity contribution is 0.0740. The molecule has 176 valence electrons. The van der Waals surface area contributed by atoms with Gasteiger partial charge in [-0.2, -0.15) is 0 Å². The van der Waals surface area contributed by atoms with E-state index in [0.717, 1.165) is 11.1 Å². The van der Waals surface area contributed by atoms with Gasteiger partial charge in [0.1, 0.15) is 23.0 Å². The Kier molecular flexibility index (Phi) is 6.37. The molecule has 1 fully saturated rings. The van der Waals surface area contributed by atoms with Crippen molar-refractivity contribution >= 4 is 23.3 Å². The molecule has 1 saturated heterocycles. The quantitative estimate of drug-likeness (QED) is 0.416. The van der Waals surface area contributed by atoms with Crippen LogP contribution in [0.2, 0.25) is 5.02 Å². The van der Waals surface area contributed by atoms with Crippen molar-refractivity contribution in [3.63, 3.8) is 0 Å². The molecule has 0 N–H and O–H groups in total. The third-order valence-electron chi connectivity index (χ3n) is 6.01. The second-order valence-corrected chi connectivity index (χ2v) is 8.64. The molecule has 1 aliphatic heterocycles. The normalized spacial score (nSPS) is 13.7. The molecule has 7 nitrogen and oxygen atoms in total. The summed E-state index contributed by atoms with van der Waals surface area (Å²) in [4.78, 5) is 34.6. The maximum absolute atomic E-state index is 13.8. The summed E-state index contributed by atoms with van der Waals surface area (Å²) in [5.41, 5.74) is 3.87. The Labute approximate surface area is 207 Å². The number of piperazine rings is 1. The summed E-state index contributed by atoms with van der Waals surface area (Å²) >= 11 is 6.48. The first kappa shape index (κ1) is 22.9. The van der Waals surface area contributed by atoms with E-state index in [-0.39, 0.29) is 11.7 Å². The van der Waals surface area contributed by atoms with Gasteiger partial charge in [-0.1, -0.05) is 17.7 Å². The molecule has 4 aromatic rings. The van der Waals surface area contributed by atoms with E-state index in [4.69, 9.17) is 21.6 Å². The Morgan fingerprint density at radius 2 is 1.77 bits per heavy atom. The van der Waals surface area contributed by atoms with Crippen LogP contribution >= 0.6 is 11.6 Å². The van der Waals surface area contributed by atoms with Gasteiger partial charge in [0.15, 0.2) is 0 Å². The van der Waals surface area contributed by atoms with Crippen LogP contribution < -0.4 is 4.90 Å². The lowest BCUT2D eigenvalue weighted by Crippen LogP contribution is -2.49. The molecule has 0 unspecified atom stereocenters. The van der Waals surface area contributed by atoms with Crippen LogP contribution in [0.3, 0.4) is 0 Å². The van der Waals surface area contributed by atoms with Crippen LogP contribution in [0.15, 0.2) is 67.3 Å². The minimum Gasteiger partial charge on any atom is -0.352 e. The average Bonchev–Trinajstić information content (AvgIpc) is 2.89. The van der Waals surface area contributed by atoms with Crippen LogP contribution in [0, 0.1) is 12.7 Å². The van der Waals surface area contributed by atoms with E-state index in [1.807, 2.05) is 13.0 Å². The summed E-state index contributed by atoms with van der Waals surface area (Å²) in [7, 11) is 0. The number of pyridine rings is 2. The predicted octanol–water partition coefficient (Wildman–Crippen LogP) is 4.66. The van der Waals surface area contributed by atoms with Crippen LogP contribution in [0.1, 0.15) is 16.1 Å². The Morgan fingerprint density at radius 1 is 0.943 bits per heavy atom. The zero-order valence-corrected chi connectivity index (χ0v) is 19.8. The predicted molar refractivity (Wildman–Crippen MR) is 133 cm³/mol. The topological polar surface area (TPSA) is 75.1 Å². The Balaban J connectivity index is 1.46. The number of amides is 1. The van der Waals surface area contributed by atoms with Gasteiger partial charge in [0.2, 0.25) is 0 Å². The van der Waals surface area contributed by atoms with Gasteiger partial charge < -0.3 is 9.80 Å². The fourth-order valence-corrected chi connectivity index (χ4v) is 4.38. The number of aryl methyl sites for hydroxylation is 1. The van der Waals surface area contributed by atoms with Gasteiger partial charge in [0, 0.05) is 55.9 Å².